The number of likely N-dealkylation sites (tertiary alicyclic amines) is 1. The van der Waals surface area contributed by atoms with Crippen molar-refractivity contribution in [2.45, 2.75) is 62.7 Å². The van der Waals surface area contributed by atoms with Gasteiger partial charge in [-0.3, -0.25) is 4.79 Å². The first-order valence-electron chi connectivity index (χ1n) is 10.3. The van der Waals surface area contributed by atoms with E-state index in [0.717, 1.165) is 25.8 Å². The lowest BCUT2D eigenvalue weighted by atomic mass is 9.54. The van der Waals surface area contributed by atoms with Gasteiger partial charge in [-0.25, -0.2) is 0 Å². The molecule has 0 radical (unpaired) electrons. The van der Waals surface area contributed by atoms with Crippen molar-refractivity contribution < 1.29 is 14.3 Å². The molecule has 26 heavy (non-hydrogen) atoms. The molecule has 1 aromatic rings. The van der Waals surface area contributed by atoms with Crippen LogP contribution in [0.25, 0.3) is 0 Å². The second-order valence-electron chi connectivity index (χ2n) is 8.61. The highest BCUT2D eigenvalue weighted by Crippen LogP contribution is 2.57. The van der Waals surface area contributed by atoms with Crippen molar-refractivity contribution in [2.24, 2.45) is 11.8 Å². The highest BCUT2D eigenvalue weighted by molar-refractivity contribution is 5.90. The number of benzene rings is 1. The third-order valence-electron chi connectivity index (χ3n) is 7.70. The predicted molar refractivity (Wildman–Crippen MR) is 98.6 cm³/mol. The molecule has 140 valence electrons. The largest absolute Gasteiger partial charge is 0.347 e. The number of piperidine rings is 1. The van der Waals surface area contributed by atoms with E-state index in [2.05, 4.69) is 36.1 Å². The fourth-order valence-electron chi connectivity index (χ4n) is 6.06. The van der Waals surface area contributed by atoms with E-state index in [1.54, 1.807) is 0 Å². The minimum Gasteiger partial charge on any atom is -0.347 e. The quantitative estimate of drug-likeness (QED) is 0.815. The molecule has 0 bridgehead atoms. The number of hydrogen-bond acceptors (Lipinski definition) is 3. The topological polar surface area (TPSA) is 38.8 Å². The van der Waals surface area contributed by atoms with Crippen LogP contribution >= 0.6 is 0 Å². The van der Waals surface area contributed by atoms with Crippen molar-refractivity contribution in [3.05, 3.63) is 35.9 Å². The van der Waals surface area contributed by atoms with E-state index in [1.807, 2.05) is 6.07 Å². The minimum atomic E-state index is -0.470. The first-order valence-corrected chi connectivity index (χ1v) is 10.3. The second kappa shape index (κ2) is 6.07. The normalized spacial score (nSPS) is 36.8. The molecule has 4 fully saturated rings. The number of ether oxygens (including phenoxy) is 2. The average Bonchev–Trinajstić information content (AvgIpc) is 3.10. The monoisotopic (exact) mass is 355 g/mol. The van der Waals surface area contributed by atoms with Gasteiger partial charge in [0.25, 0.3) is 0 Å². The van der Waals surface area contributed by atoms with E-state index in [4.69, 9.17) is 9.47 Å². The molecule has 4 aliphatic rings. The van der Waals surface area contributed by atoms with E-state index in [0.29, 0.717) is 25.2 Å². The summed E-state index contributed by atoms with van der Waals surface area (Å²) in [5, 5.41) is 0. The van der Waals surface area contributed by atoms with Crippen LogP contribution in [-0.2, 0) is 19.7 Å². The molecule has 0 aromatic heterocycles. The molecule has 1 spiro atoms. The van der Waals surface area contributed by atoms with Crippen molar-refractivity contribution in [3.8, 4) is 0 Å². The van der Waals surface area contributed by atoms with Crippen LogP contribution in [0.15, 0.2) is 30.3 Å². The SMILES string of the molecule is C[C@H]1[C@@H]2CCN(C3CCC3)C(=O)[C@@]2(c2ccccc2)CCC12OCCO2. The highest BCUT2D eigenvalue weighted by atomic mass is 16.7. The first-order chi connectivity index (χ1) is 12.7. The number of nitrogens with zero attached hydrogens (tertiary/aromatic N) is 1. The van der Waals surface area contributed by atoms with Gasteiger partial charge in [0, 0.05) is 24.9 Å². The number of fused-ring (bicyclic) bond motifs is 1. The van der Waals surface area contributed by atoms with Gasteiger partial charge >= 0.3 is 0 Å². The molecule has 4 heteroatoms. The Morgan fingerprint density at radius 2 is 1.77 bits per heavy atom. The molecular formula is C22H29NO3. The van der Waals surface area contributed by atoms with Crippen LogP contribution in [0.3, 0.4) is 0 Å². The zero-order valence-electron chi connectivity index (χ0n) is 15.7. The summed E-state index contributed by atoms with van der Waals surface area (Å²) in [7, 11) is 0. The van der Waals surface area contributed by atoms with Gasteiger partial charge in [0.1, 0.15) is 0 Å². The zero-order chi connectivity index (χ0) is 17.8. The van der Waals surface area contributed by atoms with Crippen molar-refractivity contribution in [1.82, 2.24) is 4.90 Å². The number of carbonyl (C=O) groups is 1. The molecule has 2 aliphatic carbocycles. The molecule has 4 nitrogen and oxygen atoms in total. The Balaban J connectivity index is 1.57. The van der Waals surface area contributed by atoms with Crippen LogP contribution in [0.2, 0.25) is 0 Å². The van der Waals surface area contributed by atoms with Crippen LogP contribution in [-0.4, -0.2) is 42.4 Å². The van der Waals surface area contributed by atoms with Crippen LogP contribution < -0.4 is 0 Å². The highest BCUT2D eigenvalue weighted by Gasteiger charge is 2.63. The third kappa shape index (κ3) is 2.18. The molecular weight excluding hydrogens is 326 g/mol. The Kier molecular flexibility index (Phi) is 3.91. The fraction of sp³-hybridized carbons (Fsp3) is 0.682. The Hall–Kier alpha value is -1.39. The summed E-state index contributed by atoms with van der Waals surface area (Å²) >= 11 is 0. The lowest BCUT2D eigenvalue weighted by Gasteiger charge is -2.58. The Morgan fingerprint density at radius 3 is 2.42 bits per heavy atom. The van der Waals surface area contributed by atoms with E-state index < -0.39 is 11.2 Å². The standard InChI is InChI=1S/C22H29NO3/c1-16-19-10-13-23(18-8-5-9-18)20(24)21(19,17-6-3-2-4-7-17)11-12-22(16)25-14-15-26-22/h2-4,6-7,16,18-19H,5,8-15H2,1H3/t16-,19-,21+/m0/s1. The predicted octanol–water partition coefficient (Wildman–Crippen LogP) is 3.50. The second-order valence-corrected chi connectivity index (χ2v) is 8.61. The molecule has 2 saturated carbocycles. The van der Waals surface area contributed by atoms with Gasteiger partial charge in [-0.1, -0.05) is 37.3 Å². The Labute approximate surface area is 155 Å². The van der Waals surface area contributed by atoms with Crippen LogP contribution in [0, 0.1) is 11.8 Å². The van der Waals surface area contributed by atoms with Crippen LogP contribution in [0.5, 0.6) is 0 Å². The van der Waals surface area contributed by atoms with Gasteiger partial charge in [-0.15, -0.1) is 0 Å². The summed E-state index contributed by atoms with van der Waals surface area (Å²) in [6, 6.07) is 11.0. The fourth-order valence-corrected chi connectivity index (χ4v) is 6.06. The van der Waals surface area contributed by atoms with E-state index in [9.17, 15) is 4.79 Å². The van der Waals surface area contributed by atoms with Gasteiger partial charge in [0.2, 0.25) is 5.91 Å². The summed E-state index contributed by atoms with van der Waals surface area (Å²) in [5.41, 5.74) is 0.786. The average molecular weight is 355 g/mol. The van der Waals surface area contributed by atoms with Crippen molar-refractivity contribution in [3.63, 3.8) is 0 Å². The Bertz CT molecular complexity index is 680. The van der Waals surface area contributed by atoms with Gasteiger partial charge in [-0.2, -0.15) is 0 Å². The van der Waals surface area contributed by atoms with E-state index >= 15 is 0 Å². The zero-order valence-corrected chi connectivity index (χ0v) is 15.7. The molecule has 5 rings (SSSR count). The Morgan fingerprint density at radius 1 is 1.04 bits per heavy atom. The van der Waals surface area contributed by atoms with Gasteiger partial charge in [-0.05, 0) is 43.6 Å². The lowest BCUT2D eigenvalue weighted by molar-refractivity contribution is -0.239. The molecule has 1 aromatic carbocycles. The van der Waals surface area contributed by atoms with Gasteiger partial charge < -0.3 is 14.4 Å². The number of carbonyl (C=O) groups excluding carboxylic acids is 1. The van der Waals surface area contributed by atoms with Crippen LogP contribution in [0.4, 0.5) is 0 Å². The molecule has 2 saturated heterocycles. The molecule has 3 atom stereocenters. The number of hydrogen-bond donors (Lipinski definition) is 0. The van der Waals surface area contributed by atoms with E-state index in [-0.39, 0.29) is 11.8 Å². The number of rotatable bonds is 2. The summed E-state index contributed by atoms with van der Waals surface area (Å²) in [4.78, 5) is 16.1. The smallest absolute Gasteiger partial charge is 0.233 e. The van der Waals surface area contributed by atoms with E-state index in [1.165, 1.54) is 24.8 Å². The molecule has 0 unspecified atom stereocenters. The lowest BCUT2D eigenvalue weighted by Crippen LogP contribution is -2.66. The summed E-state index contributed by atoms with van der Waals surface area (Å²) in [6.45, 7) is 4.50. The maximum absolute atomic E-state index is 13.9. The molecule has 0 N–H and O–H groups in total. The maximum atomic E-state index is 13.9. The molecule has 2 aliphatic heterocycles. The van der Waals surface area contributed by atoms with Gasteiger partial charge in [0.15, 0.2) is 5.79 Å². The summed E-state index contributed by atoms with van der Waals surface area (Å²) in [6.07, 6.45) is 6.29. The summed E-state index contributed by atoms with van der Waals surface area (Å²) < 4.78 is 12.2. The van der Waals surface area contributed by atoms with Crippen molar-refractivity contribution in [2.75, 3.05) is 19.8 Å². The van der Waals surface area contributed by atoms with Crippen molar-refractivity contribution in [1.29, 1.82) is 0 Å². The van der Waals surface area contributed by atoms with Crippen LogP contribution in [0.1, 0.15) is 51.0 Å². The third-order valence-corrected chi connectivity index (χ3v) is 7.70. The molecule has 2 heterocycles. The van der Waals surface area contributed by atoms with Crippen molar-refractivity contribution >= 4 is 5.91 Å². The van der Waals surface area contributed by atoms with Gasteiger partial charge in [0.05, 0.1) is 18.6 Å². The first kappa shape index (κ1) is 16.8. The molecule has 1 amide bonds. The maximum Gasteiger partial charge on any atom is 0.233 e. The minimum absolute atomic E-state index is 0.228. The summed E-state index contributed by atoms with van der Waals surface area (Å²) in [5.74, 6) is 0.401. The number of amides is 1.